The third-order valence-corrected chi connectivity index (χ3v) is 2.50. The first-order chi connectivity index (χ1) is 9.13. The minimum Gasteiger partial charge on any atom is -0.396 e. The summed E-state index contributed by atoms with van der Waals surface area (Å²) in [7, 11) is 0. The van der Waals surface area contributed by atoms with Crippen molar-refractivity contribution in [2.24, 2.45) is 0 Å². The molecule has 7 heteroatoms. The molecule has 0 bridgehead atoms. The molecule has 7 nitrogen and oxygen atoms in total. The number of rotatable bonds is 13. The van der Waals surface area contributed by atoms with Crippen molar-refractivity contribution in [1.82, 2.24) is 0 Å². The third kappa shape index (κ3) is 11.3. The zero-order chi connectivity index (χ0) is 14.5. The topological polar surface area (TPSA) is 120 Å². The zero-order valence-corrected chi connectivity index (χ0v) is 11.1. The summed E-state index contributed by atoms with van der Waals surface area (Å²) in [5.41, 5.74) is 0. The highest BCUT2D eigenvalue weighted by molar-refractivity contribution is 4.60. The van der Waals surface area contributed by atoms with Gasteiger partial charge in [-0.15, -0.1) is 0 Å². The molecule has 0 aromatic carbocycles. The van der Waals surface area contributed by atoms with Crippen LogP contribution < -0.4 is 0 Å². The van der Waals surface area contributed by atoms with Crippen LogP contribution in [0.25, 0.3) is 0 Å². The number of aliphatic hydroxyl groups is 5. The van der Waals surface area contributed by atoms with E-state index in [4.69, 9.17) is 24.8 Å². The summed E-state index contributed by atoms with van der Waals surface area (Å²) in [5, 5.41) is 45.0. The summed E-state index contributed by atoms with van der Waals surface area (Å²) in [4.78, 5) is 0. The van der Waals surface area contributed by atoms with Gasteiger partial charge in [-0.25, -0.2) is 0 Å². The first-order valence-electron chi connectivity index (χ1n) is 6.52. The van der Waals surface area contributed by atoms with Crippen LogP contribution in [0.5, 0.6) is 0 Å². The average Bonchev–Trinajstić information content (AvgIpc) is 2.40. The van der Waals surface area contributed by atoms with Crippen LogP contribution in [0.15, 0.2) is 0 Å². The normalized spacial score (nSPS) is 16.3. The molecule has 0 aliphatic heterocycles. The first kappa shape index (κ1) is 18.7. The lowest BCUT2D eigenvalue weighted by molar-refractivity contribution is -0.0812. The summed E-state index contributed by atoms with van der Waals surface area (Å²) in [6.07, 6.45) is -0.799. The van der Waals surface area contributed by atoms with E-state index in [2.05, 4.69) is 0 Å². The molecule has 3 unspecified atom stereocenters. The van der Waals surface area contributed by atoms with Gasteiger partial charge >= 0.3 is 0 Å². The van der Waals surface area contributed by atoms with Crippen molar-refractivity contribution < 1.29 is 35.0 Å². The van der Waals surface area contributed by atoms with Gasteiger partial charge in [-0.3, -0.25) is 0 Å². The fourth-order valence-electron chi connectivity index (χ4n) is 1.38. The zero-order valence-electron chi connectivity index (χ0n) is 11.1. The summed E-state index contributed by atoms with van der Waals surface area (Å²) < 4.78 is 10.4. The Kier molecular flexibility index (Phi) is 12.6. The van der Waals surface area contributed by atoms with E-state index in [0.717, 1.165) is 0 Å². The Morgan fingerprint density at radius 2 is 1.47 bits per heavy atom. The molecular weight excluding hydrogens is 256 g/mol. The highest BCUT2D eigenvalue weighted by atomic mass is 16.5. The highest BCUT2D eigenvalue weighted by Gasteiger charge is 2.12. The van der Waals surface area contributed by atoms with Crippen LogP contribution in [-0.4, -0.2) is 83.5 Å². The van der Waals surface area contributed by atoms with Crippen LogP contribution >= 0.6 is 0 Å². The Morgan fingerprint density at radius 1 is 0.789 bits per heavy atom. The second-order valence-corrected chi connectivity index (χ2v) is 4.36. The molecule has 0 radical (unpaired) electrons. The van der Waals surface area contributed by atoms with Crippen LogP contribution in [0.1, 0.15) is 19.3 Å². The summed E-state index contributed by atoms with van der Waals surface area (Å²) in [6, 6.07) is 0. The van der Waals surface area contributed by atoms with Crippen LogP contribution in [0.4, 0.5) is 0 Å². The number of aliphatic hydroxyl groups excluding tert-OH is 5. The second-order valence-electron chi connectivity index (χ2n) is 4.36. The van der Waals surface area contributed by atoms with Crippen molar-refractivity contribution in [3.63, 3.8) is 0 Å². The minimum absolute atomic E-state index is 0.0161. The third-order valence-electron chi connectivity index (χ3n) is 2.50. The molecule has 0 aromatic rings. The Hall–Kier alpha value is -0.280. The largest absolute Gasteiger partial charge is 0.396 e. The standard InChI is InChI=1S/C12H26O7/c13-4-1-2-10(16)7-18-9-12(6-15)19-8-11(17)3-5-14/h10-17H,1-9H2. The van der Waals surface area contributed by atoms with Crippen LogP contribution in [0.3, 0.4) is 0 Å². The average molecular weight is 282 g/mol. The molecule has 0 fully saturated rings. The molecule has 0 aliphatic carbocycles. The molecule has 0 rings (SSSR count). The monoisotopic (exact) mass is 282 g/mol. The lowest BCUT2D eigenvalue weighted by Gasteiger charge is -2.19. The van der Waals surface area contributed by atoms with Gasteiger partial charge in [0.1, 0.15) is 6.10 Å². The summed E-state index contributed by atoms with van der Waals surface area (Å²) >= 11 is 0. The molecule has 0 saturated heterocycles. The van der Waals surface area contributed by atoms with Gasteiger partial charge in [-0.1, -0.05) is 0 Å². The van der Waals surface area contributed by atoms with Gasteiger partial charge in [-0.2, -0.15) is 0 Å². The van der Waals surface area contributed by atoms with Crippen LogP contribution in [0, 0.1) is 0 Å². The Labute approximate surface area is 113 Å². The van der Waals surface area contributed by atoms with Crippen LogP contribution in [0.2, 0.25) is 0 Å². The minimum atomic E-state index is -0.769. The van der Waals surface area contributed by atoms with E-state index in [1.54, 1.807) is 0 Å². The molecule has 5 N–H and O–H groups in total. The van der Waals surface area contributed by atoms with Crippen molar-refractivity contribution in [3.8, 4) is 0 Å². The number of ether oxygens (including phenoxy) is 2. The molecule has 0 spiro atoms. The molecule has 116 valence electrons. The maximum atomic E-state index is 9.45. The van der Waals surface area contributed by atoms with Gasteiger partial charge in [0, 0.05) is 13.2 Å². The van der Waals surface area contributed by atoms with E-state index >= 15 is 0 Å². The van der Waals surface area contributed by atoms with Gasteiger partial charge in [0.05, 0.1) is 38.6 Å². The van der Waals surface area contributed by atoms with Gasteiger partial charge in [-0.05, 0) is 19.3 Å². The van der Waals surface area contributed by atoms with E-state index in [1.807, 2.05) is 0 Å². The van der Waals surface area contributed by atoms with E-state index in [-0.39, 0.29) is 46.1 Å². The van der Waals surface area contributed by atoms with Gasteiger partial charge in [0.2, 0.25) is 0 Å². The van der Waals surface area contributed by atoms with Crippen LogP contribution in [-0.2, 0) is 9.47 Å². The molecule has 0 heterocycles. The molecular formula is C12H26O7. The first-order valence-corrected chi connectivity index (χ1v) is 6.52. The van der Waals surface area contributed by atoms with Gasteiger partial charge < -0.3 is 35.0 Å². The lowest BCUT2D eigenvalue weighted by Crippen LogP contribution is -2.30. The van der Waals surface area contributed by atoms with Crippen molar-refractivity contribution in [2.75, 3.05) is 39.6 Å². The van der Waals surface area contributed by atoms with Gasteiger partial charge in [0.25, 0.3) is 0 Å². The molecule has 19 heavy (non-hydrogen) atoms. The molecule has 0 saturated carbocycles. The molecule has 0 aliphatic rings. The predicted octanol–water partition coefficient (Wildman–Crippen LogP) is -1.74. The van der Waals surface area contributed by atoms with E-state index in [0.29, 0.717) is 12.8 Å². The van der Waals surface area contributed by atoms with E-state index in [9.17, 15) is 10.2 Å². The predicted molar refractivity (Wildman–Crippen MR) is 67.7 cm³/mol. The summed E-state index contributed by atoms with van der Waals surface area (Å²) in [6.45, 7) is -0.109. The van der Waals surface area contributed by atoms with Crippen molar-refractivity contribution in [3.05, 3.63) is 0 Å². The Balaban J connectivity index is 3.63. The SMILES string of the molecule is OCCCC(O)COCC(CO)OCC(O)CCO. The Morgan fingerprint density at radius 3 is 2.05 bits per heavy atom. The quantitative estimate of drug-likeness (QED) is 0.272. The summed E-state index contributed by atoms with van der Waals surface area (Å²) in [5.74, 6) is 0. The van der Waals surface area contributed by atoms with E-state index in [1.165, 1.54) is 0 Å². The smallest absolute Gasteiger partial charge is 0.104 e. The fraction of sp³-hybridized carbons (Fsp3) is 1.00. The maximum Gasteiger partial charge on any atom is 0.104 e. The van der Waals surface area contributed by atoms with Crippen molar-refractivity contribution >= 4 is 0 Å². The number of hydrogen-bond donors (Lipinski definition) is 5. The number of hydrogen-bond acceptors (Lipinski definition) is 7. The van der Waals surface area contributed by atoms with Crippen molar-refractivity contribution in [2.45, 2.75) is 37.6 Å². The van der Waals surface area contributed by atoms with Crippen molar-refractivity contribution in [1.29, 1.82) is 0 Å². The molecule has 0 amide bonds. The fourth-order valence-corrected chi connectivity index (χ4v) is 1.38. The molecule has 3 atom stereocenters. The lowest BCUT2D eigenvalue weighted by atomic mass is 10.2. The maximum absolute atomic E-state index is 9.45. The highest BCUT2D eigenvalue weighted by Crippen LogP contribution is 2.01. The van der Waals surface area contributed by atoms with E-state index < -0.39 is 18.3 Å². The molecule has 0 aromatic heterocycles. The second kappa shape index (κ2) is 12.7. The Bertz CT molecular complexity index is 191. The van der Waals surface area contributed by atoms with Gasteiger partial charge in [0.15, 0.2) is 0 Å².